The van der Waals surface area contributed by atoms with Gasteiger partial charge in [0.25, 0.3) is 0 Å². The summed E-state index contributed by atoms with van der Waals surface area (Å²) >= 11 is 0. The van der Waals surface area contributed by atoms with E-state index < -0.39 is 17.4 Å². The van der Waals surface area contributed by atoms with Crippen LogP contribution in [0, 0.1) is 5.41 Å². The Hall–Kier alpha value is -2.88. The molecule has 29 heavy (non-hydrogen) atoms. The molecule has 2 aromatic carbocycles. The summed E-state index contributed by atoms with van der Waals surface area (Å²) in [5.74, 6) is -1.05. The molecule has 0 amide bonds. The number of fused-ring (bicyclic) bond motifs is 4. The lowest BCUT2D eigenvalue weighted by atomic mass is 9.76. The molecule has 0 unspecified atom stereocenters. The molecule has 0 N–H and O–H groups in total. The van der Waals surface area contributed by atoms with Crippen LogP contribution in [0.2, 0.25) is 0 Å². The van der Waals surface area contributed by atoms with E-state index in [0.29, 0.717) is 0 Å². The Labute approximate surface area is 172 Å². The van der Waals surface area contributed by atoms with Gasteiger partial charge in [0.05, 0.1) is 13.2 Å². The van der Waals surface area contributed by atoms with Crippen molar-refractivity contribution in [3.05, 3.63) is 82.9 Å². The predicted octanol–water partition coefficient (Wildman–Crippen LogP) is 4.24. The fourth-order valence-corrected chi connectivity index (χ4v) is 3.84. The van der Waals surface area contributed by atoms with Gasteiger partial charge in [-0.25, -0.2) is 0 Å². The molecule has 4 nitrogen and oxygen atoms in total. The molecule has 0 radical (unpaired) electrons. The topological polar surface area (TPSA) is 52.6 Å². The molecule has 4 bridgehead atoms. The standard InChI is InChI=1S/C25H28O4/c1-3-28-23(26)25(24(27)29-4-2)17-21-13-7-11-19(15-21)9-5-6-10-20-12-8-14-22(16-20)18-25/h5-8,11-16H,3-4,9-10,17-18H2,1-2H3/b6-5+. The zero-order chi connectivity index (χ0) is 20.7. The van der Waals surface area contributed by atoms with E-state index in [2.05, 4.69) is 36.4 Å². The zero-order valence-corrected chi connectivity index (χ0v) is 17.1. The normalized spacial score (nSPS) is 16.5. The van der Waals surface area contributed by atoms with Gasteiger partial charge in [-0.1, -0.05) is 60.7 Å². The van der Waals surface area contributed by atoms with Crippen LogP contribution in [-0.4, -0.2) is 25.2 Å². The quantitative estimate of drug-likeness (QED) is 0.444. The van der Waals surface area contributed by atoms with Gasteiger partial charge in [-0.3, -0.25) is 9.59 Å². The first-order valence-corrected chi connectivity index (χ1v) is 10.2. The lowest BCUT2D eigenvalue weighted by Crippen LogP contribution is -2.46. The van der Waals surface area contributed by atoms with Gasteiger partial charge in [-0.05, 0) is 61.8 Å². The summed E-state index contributed by atoms with van der Waals surface area (Å²) in [6.45, 7) is 3.93. The molecular formula is C25H28O4. The smallest absolute Gasteiger partial charge is 0.324 e. The van der Waals surface area contributed by atoms with Crippen molar-refractivity contribution >= 4 is 11.9 Å². The molecule has 2 aromatic rings. The van der Waals surface area contributed by atoms with Crippen LogP contribution in [-0.2, 0) is 44.7 Å². The monoisotopic (exact) mass is 392 g/mol. The average Bonchev–Trinajstić information content (AvgIpc) is 2.71. The number of hydrogen-bond acceptors (Lipinski definition) is 4. The van der Waals surface area contributed by atoms with Gasteiger partial charge in [0.2, 0.25) is 0 Å². The molecule has 0 saturated carbocycles. The summed E-state index contributed by atoms with van der Waals surface area (Å²) in [7, 11) is 0. The Morgan fingerprint density at radius 3 is 1.59 bits per heavy atom. The molecule has 4 heteroatoms. The first-order valence-electron chi connectivity index (χ1n) is 10.2. The third-order valence-electron chi connectivity index (χ3n) is 5.20. The van der Waals surface area contributed by atoms with E-state index in [4.69, 9.17) is 9.47 Å². The van der Waals surface area contributed by atoms with Crippen molar-refractivity contribution in [1.82, 2.24) is 0 Å². The van der Waals surface area contributed by atoms with Crippen LogP contribution in [0.25, 0.3) is 0 Å². The minimum absolute atomic E-state index is 0.212. The Balaban J connectivity index is 2.15. The molecular weight excluding hydrogens is 364 g/mol. The fraction of sp³-hybridized carbons (Fsp3) is 0.360. The van der Waals surface area contributed by atoms with Gasteiger partial charge in [-0.2, -0.15) is 0 Å². The van der Waals surface area contributed by atoms with Crippen LogP contribution < -0.4 is 0 Å². The van der Waals surface area contributed by atoms with Crippen molar-refractivity contribution in [2.24, 2.45) is 5.41 Å². The first kappa shape index (κ1) is 20.8. The van der Waals surface area contributed by atoms with Crippen LogP contribution in [0.5, 0.6) is 0 Å². The molecule has 0 spiro atoms. The van der Waals surface area contributed by atoms with E-state index in [1.165, 1.54) is 0 Å². The van der Waals surface area contributed by atoms with Crippen LogP contribution in [0.1, 0.15) is 36.1 Å². The number of allylic oxidation sites excluding steroid dienone is 2. The summed E-state index contributed by atoms with van der Waals surface area (Å²) in [6.07, 6.45) is 6.42. The van der Waals surface area contributed by atoms with Crippen molar-refractivity contribution in [2.45, 2.75) is 39.5 Å². The number of benzene rings is 2. The third kappa shape index (κ3) is 4.94. The maximum atomic E-state index is 13.2. The first-order chi connectivity index (χ1) is 14.1. The van der Waals surface area contributed by atoms with E-state index in [0.717, 1.165) is 35.1 Å². The summed E-state index contributed by atoms with van der Waals surface area (Å²) in [6, 6.07) is 16.1. The van der Waals surface area contributed by atoms with Crippen molar-refractivity contribution in [3.8, 4) is 0 Å². The number of ether oxygens (including phenoxy) is 2. The summed E-state index contributed by atoms with van der Waals surface area (Å²) in [4.78, 5) is 26.4. The van der Waals surface area contributed by atoms with E-state index in [9.17, 15) is 9.59 Å². The van der Waals surface area contributed by atoms with Crippen molar-refractivity contribution in [1.29, 1.82) is 0 Å². The lowest BCUT2D eigenvalue weighted by molar-refractivity contribution is -0.172. The molecule has 152 valence electrons. The number of hydrogen-bond donors (Lipinski definition) is 0. The molecule has 0 saturated heterocycles. The lowest BCUT2D eigenvalue weighted by Gasteiger charge is -2.30. The summed E-state index contributed by atoms with van der Waals surface area (Å²) in [5.41, 5.74) is 2.72. The maximum absolute atomic E-state index is 13.2. The van der Waals surface area contributed by atoms with Gasteiger partial charge in [-0.15, -0.1) is 0 Å². The van der Waals surface area contributed by atoms with Crippen LogP contribution in [0.4, 0.5) is 0 Å². The van der Waals surface area contributed by atoms with Gasteiger partial charge < -0.3 is 9.47 Å². The van der Waals surface area contributed by atoms with Crippen molar-refractivity contribution in [2.75, 3.05) is 13.2 Å². The molecule has 0 heterocycles. The number of esters is 2. The van der Waals surface area contributed by atoms with Crippen molar-refractivity contribution in [3.63, 3.8) is 0 Å². The molecule has 0 aromatic heterocycles. The van der Waals surface area contributed by atoms with Crippen LogP contribution in [0.15, 0.2) is 60.7 Å². The molecule has 0 aliphatic heterocycles. The largest absolute Gasteiger partial charge is 0.465 e. The minimum Gasteiger partial charge on any atom is -0.465 e. The Morgan fingerprint density at radius 1 is 0.759 bits per heavy atom. The van der Waals surface area contributed by atoms with Gasteiger partial charge in [0.15, 0.2) is 5.41 Å². The van der Waals surface area contributed by atoms with E-state index in [1.807, 2.05) is 24.3 Å². The zero-order valence-electron chi connectivity index (χ0n) is 17.1. The number of carbonyl (C=O) groups is 2. The maximum Gasteiger partial charge on any atom is 0.324 e. The molecule has 0 fully saturated rings. The van der Waals surface area contributed by atoms with Gasteiger partial charge >= 0.3 is 11.9 Å². The Kier molecular flexibility index (Phi) is 6.86. The van der Waals surface area contributed by atoms with Crippen LogP contribution in [0.3, 0.4) is 0 Å². The van der Waals surface area contributed by atoms with E-state index in [1.54, 1.807) is 13.8 Å². The number of carbonyl (C=O) groups excluding carboxylic acids is 2. The highest BCUT2D eigenvalue weighted by molar-refractivity contribution is 6.00. The van der Waals surface area contributed by atoms with Crippen LogP contribution >= 0.6 is 0 Å². The Morgan fingerprint density at radius 2 is 1.17 bits per heavy atom. The predicted molar refractivity (Wildman–Crippen MR) is 113 cm³/mol. The van der Waals surface area contributed by atoms with Crippen molar-refractivity contribution < 1.29 is 19.1 Å². The molecule has 0 atom stereocenters. The second-order valence-corrected chi connectivity index (χ2v) is 7.40. The highest BCUT2D eigenvalue weighted by atomic mass is 16.6. The minimum atomic E-state index is -1.41. The second-order valence-electron chi connectivity index (χ2n) is 7.40. The Bertz CT molecular complexity index is 824. The summed E-state index contributed by atoms with van der Waals surface area (Å²) in [5, 5.41) is 0. The SMILES string of the molecule is CCOC(=O)C1(C(=O)OCC)Cc2cccc(c2)C/C=C/Cc2cccc(c2)C1. The second kappa shape index (κ2) is 9.55. The summed E-state index contributed by atoms with van der Waals surface area (Å²) < 4.78 is 10.8. The molecule has 1 aliphatic rings. The molecule has 1 aliphatic carbocycles. The fourth-order valence-electron chi connectivity index (χ4n) is 3.84. The van der Waals surface area contributed by atoms with E-state index in [-0.39, 0.29) is 26.1 Å². The number of rotatable bonds is 4. The highest BCUT2D eigenvalue weighted by Crippen LogP contribution is 2.33. The highest BCUT2D eigenvalue weighted by Gasteiger charge is 2.49. The van der Waals surface area contributed by atoms with E-state index >= 15 is 0 Å². The third-order valence-corrected chi connectivity index (χ3v) is 5.20. The molecule has 3 rings (SSSR count). The van der Waals surface area contributed by atoms with Gasteiger partial charge in [0.1, 0.15) is 0 Å². The van der Waals surface area contributed by atoms with Gasteiger partial charge in [0, 0.05) is 0 Å². The average molecular weight is 392 g/mol.